The first-order chi connectivity index (χ1) is 10.1. The Hall–Kier alpha value is -0.830. The number of nitrogens with one attached hydrogen (secondary N) is 1. The molecule has 1 aliphatic heterocycles. The summed E-state index contributed by atoms with van der Waals surface area (Å²) in [7, 11) is -2.97. The number of halogens is 1. The van der Waals surface area contributed by atoms with E-state index in [4.69, 9.17) is 0 Å². The Kier molecular flexibility index (Phi) is 7.61. The first kappa shape index (κ1) is 19.2. The largest absolute Gasteiger partial charge is 0.356 e. The third kappa shape index (κ3) is 4.84. The van der Waals surface area contributed by atoms with Crippen LogP contribution in [0.4, 0.5) is 5.69 Å². The summed E-state index contributed by atoms with van der Waals surface area (Å²) in [5.74, 6) is 1.05. The molecule has 0 aliphatic carbocycles. The molecule has 22 heavy (non-hydrogen) atoms. The number of para-hydroxylation sites is 1. The number of hydrogen-bond donors (Lipinski definition) is 1. The summed E-state index contributed by atoms with van der Waals surface area (Å²) in [5, 5.41) is 3.25. The van der Waals surface area contributed by atoms with E-state index in [9.17, 15) is 8.42 Å². The molecule has 1 aromatic carbocycles. The van der Waals surface area contributed by atoms with Gasteiger partial charge >= 0.3 is 0 Å². The smallest absolute Gasteiger partial charge is 0.198 e. The predicted octanol–water partition coefficient (Wildman–Crippen LogP) is 2.07. The normalized spacial score (nSPS) is 14.5. The summed E-state index contributed by atoms with van der Waals surface area (Å²) in [6.07, 6.45) is 0.994. The third-order valence-corrected chi connectivity index (χ3v) is 5.27. The first-order valence-electron chi connectivity index (χ1n) is 7.41. The number of rotatable bonds is 5. The summed E-state index contributed by atoms with van der Waals surface area (Å²) in [6.45, 7) is 5.63. The standard InChI is InChI=1S/C15H23N3O2S.HI/c1-3-16-15(17-10-12-21(19,20)4-2)18-11-9-13-7-5-6-8-14(13)18;/h5-8H,3-4,9-12H2,1-2H3,(H,16,17);1H. The second kappa shape index (κ2) is 8.71. The maximum atomic E-state index is 11.6. The lowest BCUT2D eigenvalue weighted by Gasteiger charge is -2.22. The van der Waals surface area contributed by atoms with Crippen molar-refractivity contribution < 1.29 is 8.42 Å². The van der Waals surface area contributed by atoms with Crippen molar-refractivity contribution in [3.05, 3.63) is 29.8 Å². The van der Waals surface area contributed by atoms with Gasteiger partial charge in [0, 0.05) is 24.5 Å². The Balaban J connectivity index is 0.00000242. The number of fused-ring (bicyclic) bond motifs is 1. The van der Waals surface area contributed by atoms with Gasteiger partial charge in [-0.05, 0) is 25.0 Å². The number of hydrogen-bond acceptors (Lipinski definition) is 3. The minimum atomic E-state index is -2.97. The highest BCUT2D eigenvalue weighted by molar-refractivity contribution is 14.0. The van der Waals surface area contributed by atoms with Gasteiger partial charge in [-0.3, -0.25) is 4.99 Å². The highest BCUT2D eigenvalue weighted by Crippen LogP contribution is 2.27. The predicted molar refractivity (Wildman–Crippen MR) is 103 cm³/mol. The van der Waals surface area contributed by atoms with Crippen molar-refractivity contribution in [3.63, 3.8) is 0 Å². The van der Waals surface area contributed by atoms with Gasteiger partial charge in [-0.15, -0.1) is 24.0 Å². The van der Waals surface area contributed by atoms with Crippen LogP contribution in [-0.2, 0) is 16.3 Å². The van der Waals surface area contributed by atoms with Crippen LogP contribution in [0.15, 0.2) is 29.3 Å². The Morgan fingerprint density at radius 2 is 2.05 bits per heavy atom. The molecule has 1 aromatic rings. The van der Waals surface area contributed by atoms with Gasteiger partial charge in [-0.1, -0.05) is 25.1 Å². The van der Waals surface area contributed by atoms with Gasteiger partial charge in [-0.2, -0.15) is 0 Å². The van der Waals surface area contributed by atoms with Crippen molar-refractivity contribution in [3.8, 4) is 0 Å². The van der Waals surface area contributed by atoms with Gasteiger partial charge in [-0.25, -0.2) is 8.42 Å². The number of anilines is 1. The molecule has 0 atom stereocenters. The highest BCUT2D eigenvalue weighted by Gasteiger charge is 2.22. The number of guanidine groups is 1. The van der Waals surface area contributed by atoms with Crippen LogP contribution >= 0.6 is 24.0 Å². The molecule has 0 saturated heterocycles. The Morgan fingerprint density at radius 1 is 1.32 bits per heavy atom. The van der Waals surface area contributed by atoms with Gasteiger partial charge in [0.1, 0.15) is 0 Å². The van der Waals surface area contributed by atoms with Crippen LogP contribution in [0.1, 0.15) is 19.4 Å². The number of nitrogens with zero attached hydrogens (tertiary/aromatic N) is 2. The second-order valence-corrected chi connectivity index (χ2v) is 7.48. The molecule has 5 nitrogen and oxygen atoms in total. The quantitative estimate of drug-likeness (QED) is 0.435. The zero-order valence-electron chi connectivity index (χ0n) is 13.1. The van der Waals surface area contributed by atoms with E-state index in [-0.39, 0.29) is 35.5 Å². The first-order valence-corrected chi connectivity index (χ1v) is 9.23. The van der Waals surface area contributed by atoms with E-state index in [0.29, 0.717) is 6.54 Å². The lowest BCUT2D eigenvalue weighted by atomic mass is 10.2. The van der Waals surface area contributed by atoms with Crippen molar-refractivity contribution in [1.82, 2.24) is 5.32 Å². The van der Waals surface area contributed by atoms with Crippen LogP contribution in [0, 0.1) is 0 Å². The van der Waals surface area contributed by atoms with E-state index in [1.807, 2.05) is 19.1 Å². The summed E-state index contributed by atoms with van der Waals surface area (Å²) in [4.78, 5) is 6.62. The molecule has 0 amide bonds. The number of benzene rings is 1. The van der Waals surface area contributed by atoms with Crippen LogP contribution in [0.5, 0.6) is 0 Å². The van der Waals surface area contributed by atoms with Gasteiger partial charge in [0.2, 0.25) is 0 Å². The monoisotopic (exact) mass is 437 g/mol. The van der Waals surface area contributed by atoms with Gasteiger partial charge in [0.25, 0.3) is 0 Å². The molecule has 7 heteroatoms. The number of sulfone groups is 1. The molecule has 2 rings (SSSR count). The SMILES string of the molecule is CCNC(=NCCS(=O)(=O)CC)N1CCc2ccccc21.I. The van der Waals surface area contributed by atoms with Gasteiger partial charge in [0.05, 0.1) is 12.3 Å². The second-order valence-electron chi connectivity index (χ2n) is 5.00. The molecule has 1 aliphatic rings. The maximum absolute atomic E-state index is 11.6. The zero-order chi connectivity index (χ0) is 15.3. The molecule has 0 radical (unpaired) electrons. The average molecular weight is 437 g/mol. The van der Waals surface area contributed by atoms with Crippen molar-refractivity contribution in [2.45, 2.75) is 20.3 Å². The summed E-state index contributed by atoms with van der Waals surface area (Å²) in [5.41, 5.74) is 2.47. The maximum Gasteiger partial charge on any atom is 0.198 e. The zero-order valence-corrected chi connectivity index (χ0v) is 16.2. The van der Waals surface area contributed by atoms with E-state index in [1.54, 1.807) is 6.92 Å². The fraction of sp³-hybridized carbons (Fsp3) is 0.533. The molecule has 1 heterocycles. The van der Waals surface area contributed by atoms with E-state index >= 15 is 0 Å². The van der Waals surface area contributed by atoms with Crippen LogP contribution in [0.25, 0.3) is 0 Å². The summed E-state index contributed by atoms with van der Waals surface area (Å²) in [6, 6.07) is 8.26. The van der Waals surface area contributed by atoms with E-state index < -0.39 is 9.84 Å². The van der Waals surface area contributed by atoms with Crippen LogP contribution in [-0.4, -0.2) is 45.5 Å². The number of aliphatic imine (C=N–C) groups is 1. The summed E-state index contributed by atoms with van der Waals surface area (Å²) < 4.78 is 23.1. The molecular weight excluding hydrogens is 413 g/mol. The molecule has 0 aromatic heterocycles. The fourth-order valence-corrected chi connectivity index (χ4v) is 3.05. The van der Waals surface area contributed by atoms with Crippen LogP contribution in [0.3, 0.4) is 0 Å². The molecule has 0 fully saturated rings. The third-order valence-electron chi connectivity index (χ3n) is 3.58. The van der Waals surface area contributed by atoms with E-state index in [1.165, 1.54) is 5.56 Å². The van der Waals surface area contributed by atoms with E-state index in [0.717, 1.165) is 31.2 Å². The van der Waals surface area contributed by atoms with Crippen molar-refractivity contribution in [1.29, 1.82) is 0 Å². The van der Waals surface area contributed by atoms with Gasteiger partial charge < -0.3 is 10.2 Å². The van der Waals surface area contributed by atoms with E-state index in [2.05, 4.69) is 27.3 Å². The Labute approximate surface area is 150 Å². The van der Waals surface area contributed by atoms with Crippen LogP contribution < -0.4 is 10.2 Å². The Morgan fingerprint density at radius 3 is 2.73 bits per heavy atom. The average Bonchev–Trinajstić information content (AvgIpc) is 2.90. The lowest BCUT2D eigenvalue weighted by Crippen LogP contribution is -2.40. The molecule has 0 saturated carbocycles. The highest BCUT2D eigenvalue weighted by atomic mass is 127. The summed E-state index contributed by atoms with van der Waals surface area (Å²) >= 11 is 0. The fourth-order valence-electron chi connectivity index (χ4n) is 2.39. The molecule has 0 unspecified atom stereocenters. The molecule has 0 bridgehead atoms. The van der Waals surface area contributed by atoms with Crippen molar-refractivity contribution >= 4 is 45.5 Å². The Bertz CT molecular complexity index is 617. The van der Waals surface area contributed by atoms with Crippen LogP contribution in [0.2, 0.25) is 0 Å². The van der Waals surface area contributed by atoms with Crippen molar-refractivity contribution in [2.24, 2.45) is 4.99 Å². The van der Waals surface area contributed by atoms with Crippen molar-refractivity contribution in [2.75, 3.05) is 36.0 Å². The topological polar surface area (TPSA) is 61.8 Å². The molecule has 124 valence electrons. The molecule has 0 spiro atoms. The van der Waals surface area contributed by atoms with Gasteiger partial charge in [0.15, 0.2) is 15.8 Å². The lowest BCUT2D eigenvalue weighted by molar-refractivity contribution is 0.597. The molecular formula is C15H24IN3O2S. The minimum absolute atomic E-state index is 0. The minimum Gasteiger partial charge on any atom is -0.356 e. The molecule has 1 N–H and O–H groups in total.